The molecule has 0 atom stereocenters. The van der Waals surface area contributed by atoms with E-state index >= 15 is 0 Å². The minimum absolute atomic E-state index is 0.292. The minimum Gasteiger partial charge on any atom is -0.462 e. The Morgan fingerprint density at radius 3 is 1.31 bits per heavy atom. The molecule has 0 radical (unpaired) electrons. The van der Waals surface area contributed by atoms with Crippen molar-refractivity contribution in [2.24, 2.45) is 0 Å². The van der Waals surface area contributed by atoms with Crippen molar-refractivity contribution in [2.45, 2.75) is 25.7 Å². The Morgan fingerprint density at radius 1 is 0.538 bits per heavy atom. The van der Waals surface area contributed by atoms with Gasteiger partial charge in [-0.15, -0.1) is 0 Å². The van der Waals surface area contributed by atoms with E-state index in [2.05, 4.69) is 0 Å². The molecule has 0 aromatic heterocycles. The molecular weight excluding hydrogens is 328 g/mol. The highest BCUT2D eigenvalue weighted by Gasteiger charge is 2.08. The van der Waals surface area contributed by atoms with Gasteiger partial charge in [0.25, 0.3) is 0 Å². The Bertz CT molecular complexity index is 705. The number of hydrogen-bond donors (Lipinski definition) is 0. The highest BCUT2D eigenvalue weighted by molar-refractivity contribution is 5.90. The molecule has 0 saturated heterocycles. The van der Waals surface area contributed by atoms with Crippen LogP contribution in [0.1, 0.15) is 57.5 Å². The first-order valence-electron chi connectivity index (χ1n) is 8.95. The van der Waals surface area contributed by atoms with E-state index in [4.69, 9.17) is 9.47 Å². The highest BCUT2D eigenvalue weighted by Crippen LogP contribution is 2.13. The third-order valence-electron chi connectivity index (χ3n) is 4.27. The zero-order valence-corrected chi connectivity index (χ0v) is 14.6. The number of ether oxygens (including phenoxy) is 2. The molecule has 5 rings (SSSR count). The van der Waals surface area contributed by atoms with Gasteiger partial charge in [0.2, 0.25) is 0 Å². The van der Waals surface area contributed by atoms with Crippen molar-refractivity contribution in [3.05, 3.63) is 70.8 Å². The van der Waals surface area contributed by atoms with Gasteiger partial charge >= 0.3 is 11.9 Å². The third-order valence-corrected chi connectivity index (χ3v) is 4.27. The van der Waals surface area contributed by atoms with E-state index in [0.717, 1.165) is 36.8 Å². The van der Waals surface area contributed by atoms with E-state index in [1.165, 1.54) is 0 Å². The molecule has 4 heteroatoms. The van der Waals surface area contributed by atoms with Gasteiger partial charge in [0.15, 0.2) is 0 Å². The number of benzene rings is 2. The van der Waals surface area contributed by atoms with Gasteiger partial charge in [-0.3, -0.25) is 0 Å². The molecule has 0 saturated carbocycles. The van der Waals surface area contributed by atoms with Crippen molar-refractivity contribution in [1.82, 2.24) is 0 Å². The van der Waals surface area contributed by atoms with E-state index in [9.17, 15) is 9.59 Å². The van der Waals surface area contributed by atoms with Gasteiger partial charge < -0.3 is 9.47 Å². The number of hydrogen-bond acceptors (Lipinski definition) is 4. The highest BCUT2D eigenvalue weighted by atomic mass is 16.5. The molecule has 0 N–H and O–H groups in total. The number of fused-ring (bicyclic) bond motifs is 2. The van der Waals surface area contributed by atoms with Crippen molar-refractivity contribution in [1.29, 1.82) is 0 Å². The summed E-state index contributed by atoms with van der Waals surface area (Å²) >= 11 is 0. The van der Waals surface area contributed by atoms with Gasteiger partial charge in [-0.1, -0.05) is 36.4 Å². The molecule has 134 valence electrons. The Labute approximate surface area is 153 Å². The van der Waals surface area contributed by atoms with Crippen LogP contribution in [0.25, 0.3) is 12.2 Å². The fraction of sp³-hybridized carbons (Fsp3) is 0.273. The van der Waals surface area contributed by atoms with Crippen molar-refractivity contribution < 1.29 is 19.1 Å². The van der Waals surface area contributed by atoms with Gasteiger partial charge in [0.05, 0.1) is 24.3 Å². The molecule has 3 aliphatic heterocycles. The zero-order valence-electron chi connectivity index (χ0n) is 14.6. The van der Waals surface area contributed by atoms with Crippen molar-refractivity contribution in [3.8, 4) is 0 Å². The number of carbonyl (C=O) groups excluding carboxylic acids is 2. The van der Waals surface area contributed by atoms with Crippen LogP contribution in [0.3, 0.4) is 0 Å². The molecule has 3 heterocycles. The standard InChI is InChI=1S/C22H22O4/c23-21-19-11-7-17(8-12-19)5-6-18-9-13-20(14-10-18)22(24)26-16-4-2-1-3-15-25-21/h5-14H,1-4,15-16H2. The van der Waals surface area contributed by atoms with Crippen LogP contribution in [-0.2, 0) is 9.47 Å². The molecule has 0 spiro atoms. The third kappa shape index (κ3) is 5.06. The first kappa shape index (κ1) is 17.9. The SMILES string of the molecule is O=C1OCCCCCCOC(=O)c2ccc(cc2)C=Cc2ccc1cc2. The topological polar surface area (TPSA) is 52.6 Å². The van der Waals surface area contributed by atoms with Crippen LogP contribution in [0.2, 0.25) is 0 Å². The van der Waals surface area contributed by atoms with Crippen LogP contribution in [0.5, 0.6) is 0 Å². The van der Waals surface area contributed by atoms with Crippen molar-refractivity contribution in [2.75, 3.05) is 13.2 Å². The molecule has 0 fully saturated rings. The molecule has 26 heavy (non-hydrogen) atoms. The molecule has 4 bridgehead atoms. The summed E-state index contributed by atoms with van der Waals surface area (Å²) in [4.78, 5) is 24.0. The van der Waals surface area contributed by atoms with Gasteiger partial charge in [-0.2, -0.15) is 0 Å². The molecular formula is C22H22O4. The minimum atomic E-state index is -0.292. The predicted octanol–water partition coefficient (Wildman–Crippen LogP) is 4.74. The first-order chi connectivity index (χ1) is 12.7. The lowest BCUT2D eigenvalue weighted by Gasteiger charge is -2.07. The average molecular weight is 350 g/mol. The largest absolute Gasteiger partial charge is 0.462 e. The maximum atomic E-state index is 12.0. The van der Waals surface area contributed by atoms with Gasteiger partial charge in [-0.25, -0.2) is 9.59 Å². The lowest BCUT2D eigenvalue weighted by atomic mass is 10.1. The fourth-order valence-electron chi connectivity index (χ4n) is 2.71. The molecule has 2 aromatic rings. The van der Waals surface area contributed by atoms with E-state index in [1.54, 1.807) is 24.3 Å². The second-order valence-electron chi connectivity index (χ2n) is 6.26. The summed E-state index contributed by atoms with van der Waals surface area (Å²) in [7, 11) is 0. The van der Waals surface area contributed by atoms with Gasteiger partial charge in [0, 0.05) is 0 Å². The van der Waals surface area contributed by atoms with Crippen LogP contribution >= 0.6 is 0 Å². The second-order valence-corrected chi connectivity index (χ2v) is 6.26. The summed E-state index contributed by atoms with van der Waals surface area (Å²) in [6.07, 6.45) is 7.40. The van der Waals surface area contributed by atoms with Crippen LogP contribution < -0.4 is 0 Å². The van der Waals surface area contributed by atoms with Crippen LogP contribution in [0.4, 0.5) is 0 Å². The lowest BCUT2D eigenvalue weighted by Crippen LogP contribution is -2.07. The van der Waals surface area contributed by atoms with Gasteiger partial charge in [-0.05, 0) is 61.1 Å². The summed E-state index contributed by atoms with van der Waals surface area (Å²) < 4.78 is 10.6. The summed E-state index contributed by atoms with van der Waals surface area (Å²) in [5.41, 5.74) is 3.10. The van der Waals surface area contributed by atoms with Crippen LogP contribution in [0.15, 0.2) is 48.5 Å². The van der Waals surface area contributed by atoms with Crippen LogP contribution in [0, 0.1) is 0 Å². The maximum absolute atomic E-state index is 12.0. The Kier molecular flexibility index (Phi) is 6.20. The summed E-state index contributed by atoms with van der Waals surface area (Å²) in [6.45, 7) is 0.818. The second kappa shape index (κ2) is 8.99. The van der Waals surface area contributed by atoms with E-state index in [-0.39, 0.29) is 11.9 Å². The number of carbonyl (C=O) groups is 2. The Hall–Kier alpha value is -2.88. The summed E-state index contributed by atoms with van der Waals surface area (Å²) in [5, 5.41) is 0. The first-order valence-corrected chi connectivity index (χ1v) is 8.95. The van der Waals surface area contributed by atoms with E-state index < -0.39 is 0 Å². The monoisotopic (exact) mass is 350 g/mol. The molecule has 0 unspecified atom stereocenters. The van der Waals surface area contributed by atoms with Gasteiger partial charge in [0.1, 0.15) is 0 Å². The molecule has 4 nitrogen and oxygen atoms in total. The Morgan fingerprint density at radius 2 is 0.923 bits per heavy atom. The quantitative estimate of drug-likeness (QED) is 0.644. The lowest BCUT2D eigenvalue weighted by molar-refractivity contribution is 0.0473. The molecule has 0 aliphatic carbocycles. The Balaban J connectivity index is 1.77. The van der Waals surface area contributed by atoms with Crippen molar-refractivity contribution in [3.63, 3.8) is 0 Å². The molecule has 0 amide bonds. The van der Waals surface area contributed by atoms with Crippen LogP contribution in [-0.4, -0.2) is 25.2 Å². The fourth-order valence-corrected chi connectivity index (χ4v) is 2.71. The average Bonchev–Trinajstić information content (AvgIpc) is 2.68. The zero-order chi connectivity index (χ0) is 18.2. The number of esters is 2. The molecule has 3 aliphatic rings. The van der Waals surface area contributed by atoms with E-state index in [1.807, 2.05) is 36.4 Å². The number of rotatable bonds is 0. The smallest absolute Gasteiger partial charge is 0.338 e. The normalized spacial score (nSPS) is 16.2. The van der Waals surface area contributed by atoms with E-state index in [0.29, 0.717) is 24.3 Å². The molecule has 2 aromatic carbocycles. The summed E-state index contributed by atoms with van der Waals surface area (Å²) in [5.74, 6) is -0.584. The summed E-state index contributed by atoms with van der Waals surface area (Å²) in [6, 6.07) is 14.7. The predicted molar refractivity (Wildman–Crippen MR) is 101 cm³/mol. The van der Waals surface area contributed by atoms with Crippen molar-refractivity contribution >= 4 is 24.1 Å². The maximum Gasteiger partial charge on any atom is 0.338 e.